The molecule has 2 N–H and O–H groups in total. The summed E-state index contributed by atoms with van der Waals surface area (Å²) in [4.78, 5) is 2.97. The molecule has 0 aliphatic carbocycles. The Kier molecular flexibility index (Phi) is 2.72. The predicted molar refractivity (Wildman–Crippen MR) is 36.7 cm³/mol. The summed E-state index contributed by atoms with van der Waals surface area (Å²) in [5.41, 5.74) is -1.34. The Hall–Kier alpha value is -1.30. The van der Waals surface area contributed by atoms with Crippen LogP contribution in [0.2, 0.25) is 0 Å². The lowest BCUT2D eigenvalue weighted by Gasteiger charge is -2.04. The fourth-order valence-corrected chi connectivity index (χ4v) is 0.800. The predicted octanol–water partition coefficient (Wildman–Crippen LogP) is 1.36. The number of aliphatic hydroxyl groups excluding tert-OH is 1. The molecule has 0 saturated heterocycles. The number of rotatable bonds is 2. The lowest BCUT2D eigenvalue weighted by atomic mass is 10.2. The topological polar surface area (TPSA) is 53.4 Å². The normalized spacial score (nSPS) is 10.8. The maximum Gasteiger partial charge on any atom is 0.268 e. The Morgan fingerprint density at radius 1 is 1.46 bits per heavy atom. The van der Waals surface area contributed by atoms with Gasteiger partial charge >= 0.3 is 0 Å². The van der Waals surface area contributed by atoms with Crippen LogP contribution < -0.4 is 0 Å². The Labute approximate surface area is 71.5 Å². The third-order valence-corrected chi connectivity index (χ3v) is 1.44. The van der Waals surface area contributed by atoms with Crippen LogP contribution in [0.25, 0.3) is 0 Å². The van der Waals surface area contributed by atoms with E-state index in [2.05, 4.69) is 4.98 Å². The second-order valence-corrected chi connectivity index (χ2v) is 2.29. The second kappa shape index (κ2) is 3.61. The smallest absolute Gasteiger partial charge is 0.268 e. The summed E-state index contributed by atoms with van der Waals surface area (Å²) in [5.74, 6) is -2.02. The summed E-state index contributed by atoms with van der Waals surface area (Å²) in [5, 5.41) is 17.4. The van der Waals surface area contributed by atoms with Gasteiger partial charge in [0.2, 0.25) is 5.95 Å². The number of aromatic hydroxyl groups is 1. The highest BCUT2D eigenvalue weighted by Gasteiger charge is 2.17. The molecule has 0 aliphatic rings. The number of hydrogen-bond donors (Lipinski definition) is 2. The number of pyridine rings is 1. The van der Waals surface area contributed by atoms with Crippen molar-refractivity contribution in [1.82, 2.24) is 4.98 Å². The molecule has 72 valence electrons. The molecule has 0 bridgehead atoms. The summed E-state index contributed by atoms with van der Waals surface area (Å²) in [7, 11) is 0. The molecular formula is C7H6F3NO2. The Balaban J connectivity index is 3.20. The highest BCUT2D eigenvalue weighted by molar-refractivity contribution is 5.31. The molecule has 0 saturated carbocycles. The zero-order chi connectivity index (χ0) is 10.0. The van der Waals surface area contributed by atoms with Crippen molar-refractivity contribution < 1.29 is 23.4 Å². The van der Waals surface area contributed by atoms with Crippen molar-refractivity contribution in [1.29, 1.82) is 0 Å². The maximum atomic E-state index is 12.7. The average Bonchev–Trinajstić information content (AvgIpc) is 2.07. The molecule has 1 aromatic heterocycles. The molecule has 0 amide bonds. The summed E-state index contributed by atoms with van der Waals surface area (Å²) in [6.07, 6.45) is -3.04. The molecule has 0 radical (unpaired) electrons. The quantitative estimate of drug-likeness (QED) is 0.697. The summed E-state index contributed by atoms with van der Waals surface area (Å²) < 4.78 is 36.6. The first-order valence-electron chi connectivity index (χ1n) is 3.33. The minimum atomic E-state index is -3.04. The number of aromatic nitrogens is 1. The van der Waals surface area contributed by atoms with Crippen molar-refractivity contribution in [2.24, 2.45) is 0 Å². The van der Waals surface area contributed by atoms with Crippen molar-refractivity contribution in [2.75, 3.05) is 0 Å². The lowest BCUT2D eigenvalue weighted by Crippen LogP contribution is -1.99. The fraction of sp³-hybridized carbons (Fsp3) is 0.286. The van der Waals surface area contributed by atoms with Gasteiger partial charge in [0.1, 0.15) is 11.4 Å². The average molecular weight is 193 g/mol. The minimum absolute atomic E-state index is 0.359. The van der Waals surface area contributed by atoms with E-state index in [9.17, 15) is 13.2 Å². The Morgan fingerprint density at radius 3 is 2.54 bits per heavy atom. The maximum absolute atomic E-state index is 12.7. The zero-order valence-corrected chi connectivity index (χ0v) is 6.34. The largest absolute Gasteiger partial charge is 0.506 e. The van der Waals surface area contributed by atoms with E-state index < -0.39 is 30.3 Å². The molecule has 0 spiro atoms. The van der Waals surface area contributed by atoms with Crippen molar-refractivity contribution in [3.8, 4) is 5.75 Å². The van der Waals surface area contributed by atoms with Crippen molar-refractivity contribution >= 4 is 0 Å². The van der Waals surface area contributed by atoms with Crippen LogP contribution in [0.15, 0.2) is 6.07 Å². The van der Waals surface area contributed by atoms with Gasteiger partial charge in [0.25, 0.3) is 6.43 Å². The van der Waals surface area contributed by atoms with Gasteiger partial charge in [0.15, 0.2) is 0 Å². The second-order valence-electron chi connectivity index (χ2n) is 2.29. The standard InChI is InChI=1S/C7H6F3NO2/c8-6(9)3-1-5(13)4(2-12)11-7(3)10/h1,6,12-13H,2H2. The number of hydrogen-bond acceptors (Lipinski definition) is 3. The van der Waals surface area contributed by atoms with Gasteiger partial charge < -0.3 is 10.2 Å². The van der Waals surface area contributed by atoms with Crippen LogP contribution in [0.1, 0.15) is 17.7 Å². The molecule has 1 rings (SSSR count). The van der Waals surface area contributed by atoms with Crippen LogP contribution in [0, 0.1) is 5.95 Å². The number of alkyl halides is 2. The van der Waals surface area contributed by atoms with E-state index in [1.807, 2.05) is 0 Å². The molecule has 0 unspecified atom stereocenters. The molecule has 1 heterocycles. The van der Waals surface area contributed by atoms with E-state index in [0.29, 0.717) is 6.07 Å². The molecule has 13 heavy (non-hydrogen) atoms. The van der Waals surface area contributed by atoms with Gasteiger partial charge in [0, 0.05) is 0 Å². The van der Waals surface area contributed by atoms with Crippen LogP contribution in [0.4, 0.5) is 13.2 Å². The van der Waals surface area contributed by atoms with Crippen molar-refractivity contribution in [3.05, 3.63) is 23.3 Å². The number of halogens is 3. The Morgan fingerprint density at radius 2 is 2.08 bits per heavy atom. The highest BCUT2D eigenvalue weighted by atomic mass is 19.3. The SMILES string of the molecule is OCc1nc(F)c(C(F)F)cc1O. The fourth-order valence-electron chi connectivity index (χ4n) is 0.800. The van der Waals surface area contributed by atoms with E-state index in [1.165, 1.54) is 0 Å². The lowest BCUT2D eigenvalue weighted by molar-refractivity contribution is 0.144. The summed E-state index contributed by atoms with van der Waals surface area (Å²) >= 11 is 0. The van der Waals surface area contributed by atoms with E-state index in [4.69, 9.17) is 10.2 Å². The van der Waals surface area contributed by atoms with Crippen LogP contribution in [-0.4, -0.2) is 15.2 Å². The van der Waals surface area contributed by atoms with Crippen LogP contribution >= 0.6 is 0 Å². The third kappa shape index (κ3) is 1.89. The van der Waals surface area contributed by atoms with Gasteiger partial charge in [-0.1, -0.05) is 0 Å². The first-order valence-corrected chi connectivity index (χ1v) is 3.33. The van der Waals surface area contributed by atoms with Crippen LogP contribution in [0.5, 0.6) is 5.75 Å². The highest BCUT2D eigenvalue weighted by Crippen LogP contribution is 2.26. The number of aliphatic hydroxyl groups is 1. The van der Waals surface area contributed by atoms with Gasteiger partial charge in [-0.2, -0.15) is 4.39 Å². The van der Waals surface area contributed by atoms with Gasteiger partial charge in [-0.15, -0.1) is 0 Å². The molecule has 1 aromatic rings. The molecule has 0 atom stereocenters. The number of nitrogens with zero attached hydrogens (tertiary/aromatic N) is 1. The minimum Gasteiger partial charge on any atom is -0.506 e. The van der Waals surface area contributed by atoms with Gasteiger partial charge in [-0.3, -0.25) is 0 Å². The molecule has 0 fully saturated rings. The van der Waals surface area contributed by atoms with Crippen molar-refractivity contribution in [2.45, 2.75) is 13.0 Å². The Bertz CT molecular complexity index is 317. The van der Waals surface area contributed by atoms with Gasteiger partial charge in [-0.25, -0.2) is 13.8 Å². The van der Waals surface area contributed by atoms with E-state index in [0.717, 1.165) is 0 Å². The molecular weight excluding hydrogens is 187 g/mol. The first-order chi connectivity index (χ1) is 6.06. The van der Waals surface area contributed by atoms with Gasteiger partial charge in [-0.05, 0) is 6.07 Å². The molecule has 6 heteroatoms. The van der Waals surface area contributed by atoms with Gasteiger partial charge in [0.05, 0.1) is 12.2 Å². The van der Waals surface area contributed by atoms with E-state index in [-0.39, 0.29) is 5.69 Å². The molecule has 0 aliphatic heterocycles. The van der Waals surface area contributed by atoms with Crippen molar-refractivity contribution in [3.63, 3.8) is 0 Å². The van der Waals surface area contributed by atoms with Crippen LogP contribution in [0.3, 0.4) is 0 Å². The zero-order valence-electron chi connectivity index (χ0n) is 6.34. The first kappa shape index (κ1) is 9.79. The third-order valence-electron chi connectivity index (χ3n) is 1.44. The molecule has 3 nitrogen and oxygen atoms in total. The summed E-state index contributed by atoms with van der Waals surface area (Å²) in [6, 6.07) is 0.554. The van der Waals surface area contributed by atoms with E-state index in [1.54, 1.807) is 0 Å². The summed E-state index contributed by atoms with van der Waals surface area (Å²) in [6.45, 7) is -0.702. The monoisotopic (exact) mass is 193 g/mol. The van der Waals surface area contributed by atoms with E-state index >= 15 is 0 Å². The van der Waals surface area contributed by atoms with Crippen LogP contribution in [-0.2, 0) is 6.61 Å². The molecule has 0 aromatic carbocycles.